The molecule has 3 aliphatic rings. The summed E-state index contributed by atoms with van der Waals surface area (Å²) < 4.78 is 57.5. The highest BCUT2D eigenvalue weighted by Crippen LogP contribution is 2.42. The molecule has 0 saturated carbocycles. The molecule has 0 radical (unpaired) electrons. The van der Waals surface area contributed by atoms with Crippen LogP contribution in [0.4, 0.5) is 19.0 Å². The molecule has 3 atom stereocenters. The summed E-state index contributed by atoms with van der Waals surface area (Å²) in [6.07, 6.45) is 4.86. The summed E-state index contributed by atoms with van der Waals surface area (Å²) in [7, 11) is 1.38. The van der Waals surface area contributed by atoms with Gasteiger partial charge in [0.2, 0.25) is 0 Å². The molecule has 47 heavy (non-hydrogen) atoms. The minimum absolute atomic E-state index is 0.0368. The average Bonchev–Trinajstić information content (AvgIpc) is 3.47. The number of phenols is 1. The summed E-state index contributed by atoms with van der Waals surface area (Å²) in [6, 6.07) is 5.75. The van der Waals surface area contributed by atoms with Crippen molar-refractivity contribution < 1.29 is 32.5 Å². The van der Waals surface area contributed by atoms with E-state index in [1.165, 1.54) is 31.5 Å². The van der Waals surface area contributed by atoms with Crippen molar-refractivity contribution >= 4 is 33.5 Å². The Morgan fingerprint density at radius 3 is 2.79 bits per heavy atom. The van der Waals surface area contributed by atoms with Crippen LogP contribution in [-0.2, 0) is 16.0 Å². The molecule has 3 fully saturated rings. The van der Waals surface area contributed by atoms with Crippen molar-refractivity contribution in [1.29, 1.82) is 0 Å². The second-order valence-corrected chi connectivity index (χ2v) is 13.0. The van der Waals surface area contributed by atoms with Crippen molar-refractivity contribution in [3.8, 4) is 23.0 Å². The van der Waals surface area contributed by atoms with Crippen LogP contribution in [0.2, 0.25) is 0 Å². The molecule has 3 aliphatic heterocycles. The lowest BCUT2D eigenvalue weighted by Crippen LogP contribution is -2.43. The fourth-order valence-electron chi connectivity index (χ4n) is 7.91. The Morgan fingerprint density at radius 1 is 1.13 bits per heavy atom. The van der Waals surface area contributed by atoms with E-state index in [1.54, 1.807) is 6.07 Å². The number of rotatable bonds is 7. The molecule has 5 heterocycles. The molecule has 0 bridgehead atoms. The lowest BCUT2D eigenvalue weighted by atomic mass is 9.94. The van der Waals surface area contributed by atoms with Gasteiger partial charge in [-0.15, -0.1) is 0 Å². The van der Waals surface area contributed by atoms with Crippen LogP contribution in [-0.4, -0.2) is 82.5 Å². The van der Waals surface area contributed by atoms with Gasteiger partial charge in [-0.1, -0.05) is 13.0 Å². The molecular formula is C35H38F3N5O4. The molecule has 1 unspecified atom stereocenters. The van der Waals surface area contributed by atoms with Crippen molar-refractivity contribution in [3.05, 3.63) is 47.7 Å². The van der Waals surface area contributed by atoms with Gasteiger partial charge in [0.05, 0.1) is 24.0 Å². The smallest absolute Gasteiger partial charge is 0.319 e. The Labute approximate surface area is 270 Å². The quantitative estimate of drug-likeness (QED) is 0.237. The number of fused-ring (bicyclic) bond motifs is 3. The van der Waals surface area contributed by atoms with Gasteiger partial charge < -0.3 is 19.5 Å². The SMILES string of the molecule is CCc1c(F)ccc2cc(O)cc(-c3ncc4c(N5CCCC(C(=O)OC)CC5)nc(OC[C@@]56CCCN5C[C@H](F)C6)nc4c3F)c12. The number of anilines is 1. The molecule has 2 aromatic carbocycles. The number of hydrogen-bond donors (Lipinski definition) is 1. The third-order valence-corrected chi connectivity index (χ3v) is 10.2. The maximum Gasteiger partial charge on any atom is 0.319 e. The Balaban J connectivity index is 1.35. The molecule has 0 amide bonds. The molecular weight excluding hydrogens is 611 g/mol. The molecule has 4 aromatic rings. The number of carbonyl (C=O) groups is 1. The van der Waals surface area contributed by atoms with Gasteiger partial charge in [0.15, 0.2) is 5.82 Å². The van der Waals surface area contributed by atoms with Crippen LogP contribution in [0.3, 0.4) is 0 Å². The van der Waals surface area contributed by atoms with Crippen molar-refractivity contribution in [2.75, 3.05) is 44.8 Å². The highest BCUT2D eigenvalue weighted by Gasteiger charge is 2.49. The van der Waals surface area contributed by atoms with Crippen LogP contribution in [0, 0.1) is 17.6 Å². The summed E-state index contributed by atoms with van der Waals surface area (Å²) in [5.41, 5.74) is 0.0449. The summed E-state index contributed by atoms with van der Waals surface area (Å²) in [6.45, 7) is 4.16. The Morgan fingerprint density at radius 2 is 1.98 bits per heavy atom. The number of aryl methyl sites for hydroxylation is 1. The number of nitrogens with zero attached hydrogens (tertiary/aromatic N) is 5. The van der Waals surface area contributed by atoms with E-state index in [1.807, 2.05) is 11.8 Å². The van der Waals surface area contributed by atoms with E-state index in [0.29, 0.717) is 79.3 Å². The minimum atomic E-state index is -0.937. The lowest BCUT2D eigenvalue weighted by Gasteiger charge is -2.31. The van der Waals surface area contributed by atoms with Crippen molar-refractivity contribution in [1.82, 2.24) is 19.9 Å². The molecule has 0 aliphatic carbocycles. The number of pyridine rings is 1. The molecule has 7 rings (SSSR count). The Kier molecular flexibility index (Phi) is 8.32. The van der Waals surface area contributed by atoms with Crippen LogP contribution in [0.25, 0.3) is 32.9 Å². The summed E-state index contributed by atoms with van der Waals surface area (Å²) >= 11 is 0. The maximum atomic E-state index is 16.9. The Bertz CT molecular complexity index is 1860. The second kappa shape index (κ2) is 12.4. The molecule has 248 valence electrons. The first kappa shape index (κ1) is 31.4. The normalized spacial score (nSPS) is 23.3. The zero-order chi connectivity index (χ0) is 32.9. The number of hydrogen-bond acceptors (Lipinski definition) is 9. The maximum absolute atomic E-state index is 16.9. The lowest BCUT2D eigenvalue weighted by molar-refractivity contribution is -0.145. The van der Waals surface area contributed by atoms with E-state index in [4.69, 9.17) is 14.5 Å². The highest BCUT2D eigenvalue weighted by atomic mass is 19.1. The van der Waals surface area contributed by atoms with Crippen LogP contribution >= 0.6 is 0 Å². The summed E-state index contributed by atoms with van der Waals surface area (Å²) in [4.78, 5) is 30.3. The van der Waals surface area contributed by atoms with E-state index in [2.05, 4.69) is 14.9 Å². The second-order valence-electron chi connectivity index (χ2n) is 13.0. The first-order valence-electron chi connectivity index (χ1n) is 16.4. The van der Waals surface area contributed by atoms with Crippen molar-refractivity contribution in [3.63, 3.8) is 0 Å². The third kappa shape index (κ3) is 5.60. The predicted molar refractivity (Wildman–Crippen MR) is 171 cm³/mol. The van der Waals surface area contributed by atoms with Crippen LogP contribution in [0.1, 0.15) is 51.0 Å². The van der Waals surface area contributed by atoms with Gasteiger partial charge in [-0.2, -0.15) is 9.97 Å². The number of ether oxygens (including phenoxy) is 2. The number of benzene rings is 2. The summed E-state index contributed by atoms with van der Waals surface area (Å²) in [5.74, 6) is -1.40. The van der Waals surface area contributed by atoms with E-state index >= 15 is 4.39 Å². The van der Waals surface area contributed by atoms with E-state index in [0.717, 1.165) is 19.4 Å². The molecule has 12 heteroatoms. The highest BCUT2D eigenvalue weighted by molar-refractivity contribution is 6.01. The monoisotopic (exact) mass is 649 g/mol. The zero-order valence-corrected chi connectivity index (χ0v) is 26.6. The zero-order valence-electron chi connectivity index (χ0n) is 26.6. The minimum Gasteiger partial charge on any atom is -0.508 e. The first-order chi connectivity index (χ1) is 22.7. The fraction of sp³-hybridized carbons (Fsp3) is 0.486. The van der Waals surface area contributed by atoms with Crippen LogP contribution in [0.15, 0.2) is 30.5 Å². The number of methoxy groups -OCH3 is 1. The first-order valence-corrected chi connectivity index (χ1v) is 16.4. The van der Waals surface area contributed by atoms with E-state index in [-0.39, 0.29) is 47.0 Å². The predicted octanol–water partition coefficient (Wildman–Crippen LogP) is 6.13. The number of phenolic OH excluding ortho intramolecular Hbond substituents is 1. The van der Waals surface area contributed by atoms with Crippen LogP contribution < -0.4 is 9.64 Å². The molecule has 3 saturated heterocycles. The number of alkyl halides is 1. The van der Waals surface area contributed by atoms with E-state index < -0.39 is 23.3 Å². The topological polar surface area (TPSA) is 101 Å². The standard InChI is InChI=1S/C35H38F3N5O4/c1-3-24-27(37)8-7-21-14-23(44)15-25(28(21)24)30-29(38)31-26(17-39-30)32(42-11-4-6-20(9-13-42)33(45)46-2)41-34(40-31)47-19-35-10-5-12-43(35)18-22(36)16-35/h7-8,14-15,17,20,22,44H,3-6,9-13,16,18-19H2,1-2H3/t20?,22-,35+/m1/s1. The van der Waals surface area contributed by atoms with Crippen LogP contribution in [0.5, 0.6) is 11.8 Å². The molecule has 9 nitrogen and oxygen atoms in total. The fourth-order valence-corrected chi connectivity index (χ4v) is 7.91. The average molecular weight is 650 g/mol. The Hall–Kier alpha value is -4.19. The number of esters is 1. The largest absolute Gasteiger partial charge is 0.508 e. The van der Waals surface area contributed by atoms with Gasteiger partial charge in [-0.05, 0) is 79.6 Å². The molecule has 2 aromatic heterocycles. The number of halogens is 3. The number of aromatic nitrogens is 3. The molecule has 0 spiro atoms. The number of carbonyl (C=O) groups excluding carboxylic acids is 1. The van der Waals surface area contributed by atoms with Gasteiger partial charge in [0, 0.05) is 37.8 Å². The summed E-state index contributed by atoms with van der Waals surface area (Å²) in [5, 5.41) is 12.0. The van der Waals surface area contributed by atoms with E-state index in [9.17, 15) is 18.7 Å². The molecule has 1 N–H and O–H groups in total. The number of aromatic hydroxyl groups is 1. The third-order valence-electron chi connectivity index (χ3n) is 10.2. The van der Waals surface area contributed by atoms with Crippen molar-refractivity contribution in [2.45, 2.75) is 63.6 Å². The van der Waals surface area contributed by atoms with Gasteiger partial charge in [-0.3, -0.25) is 14.7 Å². The van der Waals surface area contributed by atoms with Gasteiger partial charge in [0.1, 0.15) is 41.4 Å². The van der Waals surface area contributed by atoms with Crippen molar-refractivity contribution in [2.24, 2.45) is 5.92 Å². The van der Waals surface area contributed by atoms with Gasteiger partial charge in [0.25, 0.3) is 0 Å². The van der Waals surface area contributed by atoms with Gasteiger partial charge in [-0.25, -0.2) is 13.2 Å². The van der Waals surface area contributed by atoms with Gasteiger partial charge >= 0.3 is 12.0 Å².